The number of thiazole rings is 2. The van der Waals surface area contributed by atoms with Crippen molar-refractivity contribution in [3.63, 3.8) is 0 Å². The summed E-state index contributed by atoms with van der Waals surface area (Å²) in [5.74, 6) is -8.04. The largest absolute Gasteiger partial charge is 0.480 e. The Labute approximate surface area is 403 Å². The predicted octanol–water partition coefficient (Wildman–Crippen LogP) is 3.50. The lowest BCUT2D eigenvalue weighted by atomic mass is 10.1. The molecule has 0 unspecified atom stereocenters. The highest BCUT2D eigenvalue weighted by Crippen LogP contribution is 2.41. The van der Waals surface area contributed by atoms with E-state index in [9.17, 15) is 47.9 Å². The maximum Gasteiger partial charge on any atom is 0.341 e. The Morgan fingerprint density at radius 2 is 0.881 bits per heavy atom. The van der Waals surface area contributed by atoms with Gasteiger partial charge in [0, 0.05) is 10.8 Å². The first-order chi connectivity index (χ1) is 31.5. The van der Waals surface area contributed by atoms with E-state index in [1.165, 1.54) is 35.0 Å². The fourth-order valence-electron chi connectivity index (χ4n) is 6.37. The molecule has 2 saturated heterocycles. The first kappa shape index (κ1) is 49.6. The predicted molar refractivity (Wildman–Crippen MR) is 249 cm³/mol. The van der Waals surface area contributed by atoms with Gasteiger partial charge in [-0.25, -0.2) is 29.4 Å². The van der Waals surface area contributed by atoms with Crippen LogP contribution in [0.15, 0.2) is 69.1 Å². The van der Waals surface area contributed by atoms with Gasteiger partial charge in [0.05, 0.1) is 56.7 Å². The van der Waals surface area contributed by atoms with Crippen LogP contribution in [0.3, 0.4) is 0 Å². The van der Waals surface area contributed by atoms with Crippen molar-refractivity contribution in [2.24, 2.45) is 0 Å². The molecule has 0 radical (unpaired) electrons. The standard InChI is InChI=1S/2C20H13N3O7S3.H2O/c2*1-2-30-18(29)13(14-17(28)22(7-12(24)25)20(31)33-14)11-8-32-19(21-11)23-15(26)9-5-3-4-6-10(9)16(23)27;/h2*3-6,8H,2,7H2,1H3,(H,24,25);1H2. The Bertz CT molecular complexity index is 2690. The molecule has 0 saturated carbocycles. The number of rotatable bonds is 12. The second-order valence-corrected chi connectivity index (χ2v) is 18.1. The van der Waals surface area contributed by atoms with Crippen LogP contribution in [0.25, 0.3) is 11.1 Å². The van der Waals surface area contributed by atoms with Crippen LogP contribution in [-0.2, 0) is 38.2 Å². The minimum atomic E-state index is -1.27. The molecule has 0 aliphatic carbocycles. The molecule has 0 bridgehead atoms. The highest BCUT2D eigenvalue weighted by Gasteiger charge is 2.43. The van der Waals surface area contributed by atoms with E-state index in [1.54, 1.807) is 38.1 Å². The summed E-state index contributed by atoms with van der Waals surface area (Å²) in [7, 11) is 0. The number of ether oxygens (including phenoxy) is 2. The fourth-order valence-corrected chi connectivity index (χ4v) is 10.6. The first-order valence-corrected chi connectivity index (χ1v) is 22.9. The SMILES string of the molecule is CCOC(=O)C(=C1SC(=S)N(CC(=O)O)C1=O)c1csc(N2C(=O)c3ccccc3C2=O)n1.CCOC(=O)C(=C1SC(=S)N(CC(=O)O)C1=O)c1csc(N2C(=O)c3ccccc3C2=O)n1.O. The van der Waals surface area contributed by atoms with Crippen molar-refractivity contribution in [1.82, 2.24) is 19.8 Å². The van der Waals surface area contributed by atoms with E-state index in [2.05, 4.69) is 9.97 Å². The van der Waals surface area contributed by atoms with Crippen LogP contribution < -0.4 is 9.80 Å². The van der Waals surface area contributed by atoms with Crippen LogP contribution in [0, 0.1) is 0 Å². The Morgan fingerprint density at radius 3 is 1.16 bits per heavy atom. The average molecular weight is 1030 g/mol. The van der Waals surface area contributed by atoms with Crippen molar-refractivity contribution in [3.8, 4) is 0 Å². The molecule has 4 N–H and O–H groups in total. The minimum Gasteiger partial charge on any atom is -0.480 e. The number of carboxylic acid groups (broad SMARTS) is 2. The molecule has 4 aliphatic heterocycles. The van der Waals surface area contributed by atoms with Gasteiger partial charge in [-0.2, -0.15) is 0 Å². The van der Waals surface area contributed by atoms with E-state index in [0.717, 1.165) is 65.8 Å². The van der Waals surface area contributed by atoms with Gasteiger partial charge in [0.15, 0.2) is 10.3 Å². The number of carbonyl (C=O) groups excluding carboxylic acids is 8. The van der Waals surface area contributed by atoms with E-state index >= 15 is 0 Å². The second kappa shape index (κ2) is 20.3. The molecule has 6 heterocycles. The summed E-state index contributed by atoms with van der Waals surface area (Å²) in [6.07, 6.45) is 0. The van der Waals surface area contributed by atoms with E-state index in [1.807, 2.05) is 0 Å². The van der Waals surface area contributed by atoms with E-state index in [0.29, 0.717) is 0 Å². The van der Waals surface area contributed by atoms with Crippen LogP contribution in [0.2, 0.25) is 0 Å². The molecule has 27 heteroatoms. The number of thiocarbonyl (C=S) groups is 2. The van der Waals surface area contributed by atoms with E-state index in [-0.39, 0.29) is 92.2 Å². The Hall–Kier alpha value is -6.88. The molecular formula is C40H28N6O15S6. The van der Waals surface area contributed by atoms with Crippen LogP contribution in [0.1, 0.15) is 66.7 Å². The normalized spacial score (nSPS) is 16.7. The maximum atomic E-state index is 12.8. The lowest BCUT2D eigenvalue weighted by Crippen LogP contribution is -2.33. The molecule has 0 atom stereocenters. The average Bonchev–Trinajstić information content (AvgIpc) is 4.13. The minimum absolute atomic E-state index is 0. The van der Waals surface area contributed by atoms with Gasteiger partial charge >= 0.3 is 23.9 Å². The van der Waals surface area contributed by atoms with Gasteiger partial charge in [-0.3, -0.25) is 48.2 Å². The van der Waals surface area contributed by atoms with Gasteiger partial charge in [0.2, 0.25) is 0 Å². The molecule has 8 rings (SSSR count). The third-order valence-corrected chi connectivity index (χ3v) is 13.7. The van der Waals surface area contributed by atoms with Gasteiger partial charge < -0.3 is 25.2 Å². The van der Waals surface area contributed by atoms with Gasteiger partial charge in [-0.1, -0.05) is 72.2 Å². The van der Waals surface area contributed by atoms with Crippen LogP contribution in [-0.4, -0.2) is 130 Å². The summed E-state index contributed by atoms with van der Waals surface area (Å²) in [6, 6.07) is 12.7. The van der Waals surface area contributed by atoms with E-state index in [4.69, 9.17) is 44.1 Å². The third kappa shape index (κ3) is 9.42. The summed E-state index contributed by atoms with van der Waals surface area (Å²) in [5, 5.41) is 20.9. The van der Waals surface area contributed by atoms with Crippen molar-refractivity contribution >= 4 is 160 Å². The summed E-state index contributed by atoms with van der Waals surface area (Å²) in [5.41, 5.74) is 0.502. The number of aromatic nitrogens is 2. The van der Waals surface area contributed by atoms with Crippen LogP contribution >= 0.6 is 70.6 Å². The molecule has 0 spiro atoms. The van der Waals surface area contributed by atoms with Crippen LogP contribution in [0.4, 0.5) is 10.3 Å². The number of carboxylic acids is 2. The lowest BCUT2D eigenvalue weighted by molar-refractivity contribution is -0.140. The number of esters is 2. The Kier molecular flexibility index (Phi) is 15.0. The maximum absolute atomic E-state index is 12.8. The van der Waals surface area contributed by atoms with Crippen molar-refractivity contribution in [2.45, 2.75) is 13.8 Å². The zero-order chi connectivity index (χ0) is 47.7. The van der Waals surface area contributed by atoms with Crippen molar-refractivity contribution in [2.75, 3.05) is 36.1 Å². The highest BCUT2D eigenvalue weighted by molar-refractivity contribution is 8.27. The number of fused-ring (bicyclic) bond motifs is 2. The Balaban J connectivity index is 0.000000218. The van der Waals surface area contributed by atoms with Crippen molar-refractivity contribution in [1.29, 1.82) is 0 Å². The monoisotopic (exact) mass is 1020 g/mol. The molecule has 2 aromatic heterocycles. The molecule has 6 amide bonds. The van der Waals surface area contributed by atoms with Crippen molar-refractivity contribution in [3.05, 3.63) is 103 Å². The number of nitrogens with zero attached hydrogens (tertiary/aromatic N) is 6. The number of benzene rings is 2. The number of aliphatic carboxylic acids is 2. The number of amides is 6. The van der Waals surface area contributed by atoms with Gasteiger partial charge in [0.1, 0.15) is 32.9 Å². The van der Waals surface area contributed by atoms with Gasteiger partial charge in [0.25, 0.3) is 35.4 Å². The number of anilines is 2. The quantitative estimate of drug-likeness (QED) is 0.0888. The lowest BCUT2D eigenvalue weighted by Gasteiger charge is -2.11. The van der Waals surface area contributed by atoms with Gasteiger partial charge in [-0.15, -0.1) is 22.7 Å². The van der Waals surface area contributed by atoms with E-state index < -0.39 is 72.4 Å². The first-order valence-electron chi connectivity index (χ1n) is 18.7. The molecule has 67 heavy (non-hydrogen) atoms. The molecule has 4 aromatic rings. The fraction of sp³-hybridized carbons (Fsp3) is 0.150. The number of hydrogen-bond donors (Lipinski definition) is 2. The zero-order valence-electron chi connectivity index (χ0n) is 34.0. The second-order valence-electron chi connectivity index (χ2n) is 13.2. The third-order valence-electron chi connectivity index (χ3n) is 9.17. The topological polar surface area (TPSA) is 300 Å². The number of thioether (sulfide) groups is 2. The molecule has 21 nitrogen and oxygen atoms in total. The molecule has 4 aliphatic rings. The number of imide groups is 2. The summed E-state index contributed by atoms with van der Waals surface area (Å²) in [6.45, 7) is 1.84. The molecule has 2 aromatic carbocycles. The zero-order valence-corrected chi connectivity index (χ0v) is 38.9. The highest BCUT2D eigenvalue weighted by atomic mass is 32.2. The smallest absolute Gasteiger partial charge is 0.341 e. The molecular weight excluding hydrogens is 997 g/mol. The number of hydrogen-bond acceptors (Lipinski definition) is 20. The molecule has 344 valence electrons. The Morgan fingerprint density at radius 1 is 0.567 bits per heavy atom. The van der Waals surface area contributed by atoms with Gasteiger partial charge in [-0.05, 0) is 38.1 Å². The van der Waals surface area contributed by atoms with Crippen LogP contribution in [0.5, 0.6) is 0 Å². The number of carbonyl (C=O) groups is 10. The molecule has 2 fully saturated rings. The summed E-state index contributed by atoms with van der Waals surface area (Å²) >= 11 is 13.6. The summed E-state index contributed by atoms with van der Waals surface area (Å²) < 4.78 is 10.1. The summed E-state index contributed by atoms with van der Waals surface area (Å²) in [4.78, 5) is 136. The van der Waals surface area contributed by atoms with Crippen molar-refractivity contribution < 1.29 is 73.1 Å².